The van der Waals surface area contributed by atoms with E-state index in [1.54, 1.807) is 0 Å². The Morgan fingerprint density at radius 2 is 1.48 bits per heavy atom. The van der Waals surface area contributed by atoms with E-state index in [4.69, 9.17) is 15.2 Å². The number of aryl methyl sites for hydroxylation is 1. The van der Waals surface area contributed by atoms with Crippen molar-refractivity contribution in [3.8, 4) is 0 Å². The molecular formula is C19H34N2O2. The maximum absolute atomic E-state index is 5.93. The zero-order valence-corrected chi connectivity index (χ0v) is 15.1. The molecule has 0 heterocycles. The summed E-state index contributed by atoms with van der Waals surface area (Å²) in [4.78, 5) is 2.32. The SMILES string of the molecule is CCCCOCCN(CCOCCCC)c1ccc(N)c(C)c1. The molecule has 23 heavy (non-hydrogen) atoms. The van der Waals surface area contributed by atoms with Gasteiger partial charge in [-0.3, -0.25) is 0 Å². The van der Waals surface area contributed by atoms with Crippen molar-refractivity contribution in [2.45, 2.75) is 46.5 Å². The van der Waals surface area contributed by atoms with Crippen LogP contribution in [0.5, 0.6) is 0 Å². The van der Waals surface area contributed by atoms with Crippen molar-refractivity contribution in [1.29, 1.82) is 0 Å². The zero-order chi connectivity index (χ0) is 16.9. The Morgan fingerprint density at radius 3 is 1.96 bits per heavy atom. The molecule has 1 rings (SSSR count). The highest BCUT2D eigenvalue weighted by molar-refractivity contribution is 5.58. The molecule has 0 aliphatic carbocycles. The molecule has 0 fully saturated rings. The van der Waals surface area contributed by atoms with Crippen LogP contribution in [0.25, 0.3) is 0 Å². The molecule has 1 aromatic rings. The first-order chi connectivity index (χ1) is 11.2. The molecule has 0 aliphatic rings. The average molecular weight is 322 g/mol. The zero-order valence-electron chi connectivity index (χ0n) is 15.1. The van der Waals surface area contributed by atoms with Crippen molar-refractivity contribution in [2.75, 3.05) is 50.2 Å². The lowest BCUT2D eigenvalue weighted by atomic mass is 10.1. The third-order valence-electron chi connectivity index (χ3n) is 3.91. The molecule has 1 aromatic carbocycles. The van der Waals surface area contributed by atoms with Gasteiger partial charge in [0.05, 0.1) is 13.2 Å². The third kappa shape index (κ3) is 8.24. The summed E-state index contributed by atoms with van der Waals surface area (Å²) >= 11 is 0. The second-order valence-corrected chi connectivity index (χ2v) is 5.96. The molecule has 0 bridgehead atoms. The fraction of sp³-hybridized carbons (Fsp3) is 0.684. The molecule has 0 aliphatic heterocycles. The van der Waals surface area contributed by atoms with Gasteiger partial charge in [-0.1, -0.05) is 26.7 Å². The van der Waals surface area contributed by atoms with Crippen LogP contribution < -0.4 is 10.6 Å². The fourth-order valence-electron chi connectivity index (χ4n) is 2.27. The summed E-state index contributed by atoms with van der Waals surface area (Å²) in [6, 6.07) is 6.21. The molecular weight excluding hydrogens is 288 g/mol. The van der Waals surface area contributed by atoms with E-state index in [9.17, 15) is 0 Å². The quantitative estimate of drug-likeness (QED) is 0.440. The Morgan fingerprint density at radius 1 is 0.913 bits per heavy atom. The molecule has 132 valence electrons. The van der Waals surface area contributed by atoms with E-state index in [2.05, 4.69) is 30.9 Å². The second kappa shape index (κ2) is 12.2. The summed E-state index contributed by atoms with van der Waals surface area (Å²) < 4.78 is 11.4. The minimum atomic E-state index is 0.748. The van der Waals surface area contributed by atoms with Crippen molar-refractivity contribution in [3.05, 3.63) is 23.8 Å². The van der Waals surface area contributed by atoms with Crippen LogP contribution in [0.2, 0.25) is 0 Å². The number of hydrogen-bond donors (Lipinski definition) is 1. The first-order valence-electron chi connectivity index (χ1n) is 8.95. The van der Waals surface area contributed by atoms with Crippen molar-refractivity contribution >= 4 is 11.4 Å². The molecule has 0 atom stereocenters. The Hall–Kier alpha value is -1.26. The van der Waals surface area contributed by atoms with Crippen molar-refractivity contribution in [1.82, 2.24) is 0 Å². The highest BCUT2D eigenvalue weighted by Gasteiger charge is 2.08. The van der Waals surface area contributed by atoms with Gasteiger partial charge in [0.25, 0.3) is 0 Å². The molecule has 4 nitrogen and oxygen atoms in total. The number of hydrogen-bond acceptors (Lipinski definition) is 4. The van der Waals surface area contributed by atoms with Gasteiger partial charge in [-0.05, 0) is 43.5 Å². The normalized spacial score (nSPS) is 10.9. The Labute approximate surface area is 142 Å². The number of ether oxygens (including phenoxy) is 2. The maximum atomic E-state index is 5.93. The van der Waals surface area contributed by atoms with Gasteiger partial charge in [-0.25, -0.2) is 0 Å². The number of anilines is 2. The number of nitrogens with zero attached hydrogens (tertiary/aromatic N) is 1. The minimum absolute atomic E-state index is 0.748. The first-order valence-corrected chi connectivity index (χ1v) is 8.95. The van der Waals surface area contributed by atoms with E-state index in [0.717, 1.165) is 63.6 Å². The highest BCUT2D eigenvalue weighted by Crippen LogP contribution is 2.20. The van der Waals surface area contributed by atoms with Crippen LogP contribution in [0, 0.1) is 6.92 Å². The van der Waals surface area contributed by atoms with Gasteiger partial charge >= 0.3 is 0 Å². The lowest BCUT2D eigenvalue weighted by Crippen LogP contribution is -2.31. The summed E-state index contributed by atoms with van der Waals surface area (Å²) in [6.45, 7) is 11.4. The monoisotopic (exact) mass is 322 g/mol. The van der Waals surface area contributed by atoms with Gasteiger partial charge in [-0.15, -0.1) is 0 Å². The van der Waals surface area contributed by atoms with Gasteiger partial charge in [0.15, 0.2) is 0 Å². The summed E-state index contributed by atoms with van der Waals surface area (Å²) in [5.41, 5.74) is 9.08. The summed E-state index contributed by atoms with van der Waals surface area (Å²) in [5, 5.41) is 0. The van der Waals surface area contributed by atoms with E-state index >= 15 is 0 Å². The molecule has 0 amide bonds. The molecule has 2 N–H and O–H groups in total. The summed E-state index contributed by atoms with van der Waals surface area (Å²) in [7, 11) is 0. The fourth-order valence-corrected chi connectivity index (χ4v) is 2.27. The van der Waals surface area contributed by atoms with E-state index < -0.39 is 0 Å². The van der Waals surface area contributed by atoms with Crippen LogP contribution in [-0.4, -0.2) is 39.5 Å². The van der Waals surface area contributed by atoms with E-state index in [1.807, 2.05) is 13.0 Å². The average Bonchev–Trinajstić information content (AvgIpc) is 2.55. The number of unbranched alkanes of at least 4 members (excludes halogenated alkanes) is 2. The van der Waals surface area contributed by atoms with Crippen molar-refractivity contribution in [3.63, 3.8) is 0 Å². The molecule has 0 radical (unpaired) electrons. The molecule has 0 saturated carbocycles. The number of nitrogens with two attached hydrogens (primary N) is 1. The van der Waals surface area contributed by atoms with Crippen molar-refractivity contribution in [2.24, 2.45) is 0 Å². The van der Waals surface area contributed by atoms with Crippen LogP contribution in [0.4, 0.5) is 11.4 Å². The number of rotatable bonds is 13. The summed E-state index contributed by atoms with van der Waals surface area (Å²) in [5.74, 6) is 0. The predicted molar refractivity (Wildman–Crippen MR) is 99.3 cm³/mol. The smallest absolute Gasteiger partial charge is 0.0641 e. The third-order valence-corrected chi connectivity index (χ3v) is 3.91. The Bertz CT molecular complexity index is 410. The van der Waals surface area contributed by atoms with E-state index in [1.165, 1.54) is 18.5 Å². The van der Waals surface area contributed by atoms with Crippen LogP contribution in [-0.2, 0) is 9.47 Å². The molecule has 0 saturated heterocycles. The molecule has 0 aromatic heterocycles. The molecule has 0 spiro atoms. The predicted octanol–water partition coefficient (Wildman–Crippen LogP) is 4.02. The minimum Gasteiger partial charge on any atom is -0.399 e. The van der Waals surface area contributed by atoms with Crippen molar-refractivity contribution < 1.29 is 9.47 Å². The first kappa shape index (κ1) is 19.8. The van der Waals surface area contributed by atoms with Gasteiger partial charge in [0.2, 0.25) is 0 Å². The van der Waals surface area contributed by atoms with Gasteiger partial charge < -0.3 is 20.1 Å². The summed E-state index contributed by atoms with van der Waals surface area (Å²) in [6.07, 6.45) is 4.60. The molecule has 4 heteroatoms. The second-order valence-electron chi connectivity index (χ2n) is 5.96. The van der Waals surface area contributed by atoms with E-state index in [0.29, 0.717) is 0 Å². The Balaban J connectivity index is 2.51. The van der Waals surface area contributed by atoms with Crippen LogP contribution >= 0.6 is 0 Å². The van der Waals surface area contributed by atoms with Gasteiger partial charge in [0.1, 0.15) is 0 Å². The Kier molecular flexibility index (Phi) is 10.5. The van der Waals surface area contributed by atoms with Crippen LogP contribution in [0.1, 0.15) is 45.1 Å². The molecule has 0 unspecified atom stereocenters. The topological polar surface area (TPSA) is 47.7 Å². The standard InChI is InChI=1S/C19H34N2O2/c1-4-6-12-22-14-10-21(11-15-23-13-7-5-2)18-8-9-19(20)17(3)16-18/h8-9,16H,4-7,10-15,20H2,1-3H3. The van der Waals surface area contributed by atoms with Gasteiger partial charge in [-0.2, -0.15) is 0 Å². The van der Waals surface area contributed by atoms with Crippen LogP contribution in [0.15, 0.2) is 18.2 Å². The van der Waals surface area contributed by atoms with Crippen LogP contribution in [0.3, 0.4) is 0 Å². The van der Waals surface area contributed by atoms with E-state index in [-0.39, 0.29) is 0 Å². The lowest BCUT2D eigenvalue weighted by molar-refractivity contribution is 0.125. The lowest BCUT2D eigenvalue weighted by Gasteiger charge is -2.25. The maximum Gasteiger partial charge on any atom is 0.0641 e. The highest BCUT2D eigenvalue weighted by atomic mass is 16.5. The largest absolute Gasteiger partial charge is 0.399 e. The number of nitrogen functional groups attached to an aromatic ring is 1. The van der Waals surface area contributed by atoms with Gasteiger partial charge in [0, 0.05) is 37.7 Å². The number of benzene rings is 1.